The first kappa shape index (κ1) is 22.1. The van der Waals surface area contributed by atoms with E-state index in [2.05, 4.69) is 20.5 Å². The number of likely N-dealkylation sites (tertiary alicyclic amines) is 1. The van der Waals surface area contributed by atoms with Gasteiger partial charge in [-0.2, -0.15) is 0 Å². The van der Waals surface area contributed by atoms with Crippen LogP contribution in [0.5, 0.6) is 0 Å². The van der Waals surface area contributed by atoms with Crippen molar-refractivity contribution in [3.63, 3.8) is 0 Å². The fraction of sp³-hybridized carbons (Fsp3) is 0.611. The molecule has 0 saturated carbocycles. The lowest BCUT2D eigenvalue weighted by Crippen LogP contribution is -2.45. The molecule has 0 bridgehead atoms. The number of aliphatic imine (C=N–C) groups is 1. The maximum Gasteiger partial charge on any atom is 0.191 e. The van der Waals surface area contributed by atoms with Crippen molar-refractivity contribution in [3.8, 4) is 0 Å². The van der Waals surface area contributed by atoms with Gasteiger partial charge in [-0.3, -0.25) is 9.89 Å². The van der Waals surface area contributed by atoms with Crippen LogP contribution in [-0.4, -0.2) is 63.8 Å². The van der Waals surface area contributed by atoms with Crippen LogP contribution < -0.4 is 10.6 Å². The summed E-state index contributed by atoms with van der Waals surface area (Å²) in [4.78, 5) is 6.71. The molecule has 1 heterocycles. The van der Waals surface area contributed by atoms with E-state index >= 15 is 0 Å². The summed E-state index contributed by atoms with van der Waals surface area (Å²) in [6.07, 6.45) is 3.06. The first-order valence-electron chi connectivity index (χ1n) is 8.65. The Bertz CT molecular complexity index is 530. The molecule has 5 nitrogen and oxygen atoms in total. The highest BCUT2D eigenvalue weighted by atomic mass is 127. The van der Waals surface area contributed by atoms with E-state index in [9.17, 15) is 4.39 Å². The Morgan fingerprint density at radius 1 is 1.36 bits per heavy atom. The van der Waals surface area contributed by atoms with E-state index in [4.69, 9.17) is 4.74 Å². The summed E-state index contributed by atoms with van der Waals surface area (Å²) < 4.78 is 18.8. The van der Waals surface area contributed by atoms with Gasteiger partial charge in [0.1, 0.15) is 5.82 Å². The first-order chi connectivity index (χ1) is 11.7. The monoisotopic (exact) mass is 464 g/mol. The third-order valence-corrected chi connectivity index (χ3v) is 4.46. The molecule has 142 valence electrons. The zero-order valence-corrected chi connectivity index (χ0v) is 17.5. The van der Waals surface area contributed by atoms with Gasteiger partial charge in [-0.25, -0.2) is 4.39 Å². The summed E-state index contributed by atoms with van der Waals surface area (Å²) in [6, 6.07) is 7.41. The second-order valence-corrected chi connectivity index (χ2v) is 6.05. The smallest absolute Gasteiger partial charge is 0.191 e. The molecule has 1 atom stereocenters. The molecule has 1 aromatic carbocycles. The van der Waals surface area contributed by atoms with Crippen LogP contribution in [0.1, 0.15) is 18.4 Å². The lowest BCUT2D eigenvalue weighted by molar-refractivity contribution is 0.141. The number of nitrogens with zero attached hydrogens (tertiary/aromatic N) is 2. The first-order valence-corrected chi connectivity index (χ1v) is 8.65. The Morgan fingerprint density at radius 3 is 2.88 bits per heavy atom. The number of guanidine groups is 1. The van der Waals surface area contributed by atoms with E-state index in [1.165, 1.54) is 18.9 Å². The summed E-state index contributed by atoms with van der Waals surface area (Å²) in [7, 11) is 3.50. The molecule has 2 N–H and O–H groups in total. The fourth-order valence-corrected chi connectivity index (χ4v) is 3.08. The van der Waals surface area contributed by atoms with Crippen molar-refractivity contribution >= 4 is 29.9 Å². The van der Waals surface area contributed by atoms with Crippen LogP contribution in [0.25, 0.3) is 0 Å². The third-order valence-electron chi connectivity index (χ3n) is 4.46. The predicted molar refractivity (Wildman–Crippen MR) is 111 cm³/mol. The lowest BCUT2D eigenvalue weighted by atomic mass is 10.1. The van der Waals surface area contributed by atoms with Gasteiger partial charge in [0.25, 0.3) is 0 Å². The molecular weight excluding hydrogens is 434 g/mol. The molecule has 2 rings (SSSR count). The summed E-state index contributed by atoms with van der Waals surface area (Å²) in [5.74, 6) is 0.618. The molecular formula is C18H30FIN4O. The Balaban J connectivity index is 0.00000312. The zero-order valence-electron chi connectivity index (χ0n) is 15.1. The Morgan fingerprint density at radius 2 is 2.16 bits per heavy atom. The Kier molecular flexibility index (Phi) is 11.0. The van der Waals surface area contributed by atoms with Gasteiger partial charge in [0, 0.05) is 39.8 Å². The summed E-state index contributed by atoms with van der Waals surface area (Å²) in [5, 5.41) is 6.64. The summed E-state index contributed by atoms with van der Waals surface area (Å²) in [5.41, 5.74) is 0.724. The maximum atomic E-state index is 13.6. The van der Waals surface area contributed by atoms with E-state index in [1.54, 1.807) is 20.2 Å². The van der Waals surface area contributed by atoms with Crippen LogP contribution in [0.15, 0.2) is 29.3 Å². The minimum Gasteiger partial charge on any atom is -0.383 e. The largest absolute Gasteiger partial charge is 0.383 e. The Labute approximate surface area is 167 Å². The average Bonchev–Trinajstić information content (AvgIpc) is 3.05. The molecule has 0 aliphatic carbocycles. The number of hydrogen-bond donors (Lipinski definition) is 2. The number of methoxy groups -OCH3 is 1. The van der Waals surface area contributed by atoms with E-state index in [-0.39, 0.29) is 29.8 Å². The molecule has 1 aliphatic rings. The molecule has 1 aliphatic heterocycles. The van der Waals surface area contributed by atoms with Gasteiger partial charge in [0.2, 0.25) is 0 Å². The molecule has 0 spiro atoms. The highest BCUT2D eigenvalue weighted by Crippen LogP contribution is 2.15. The van der Waals surface area contributed by atoms with Crippen molar-refractivity contribution < 1.29 is 9.13 Å². The van der Waals surface area contributed by atoms with Crippen molar-refractivity contribution in [2.24, 2.45) is 4.99 Å². The van der Waals surface area contributed by atoms with Gasteiger partial charge in [-0.1, -0.05) is 18.2 Å². The van der Waals surface area contributed by atoms with Crippen LogP contribution in [0.3, 0.4) is 0 Å². The second kappa shape index (κ2) is 12.4. The molecule has 25 heavy (non-hydrogen) atoms. The van der Waals surface area contributed by atoms with E-state index in [1.807, 2.05) is 12.1 Å². The minimum absolute atomic E-state index is 0. The van der Waals surface area contributed by atoms with Gasteiger partial charge in [0.05, 0.1) is 6.61 Å². The van der Waals surface area contributed by atoms with E-state index < -0.39 is 0 Å². The highest BCUT2D eigenvalue weighted by molar-refractivity contribution is 14.0. The average molecular weight is 464 g/mol. The zero-order chi connectivity index (χ0) is 17.2. The number of nitrogens with one attached hydrogen (secondary N) is 2. The van der Waals surface area contributed by atoms with Crippen molar-refractivity contribution in [1.82, 2.24) is 15.5 Å². The van der Waals surface area contributed by atoms with Crippen molar-refractivity contribution in [3.05, 3.63) is 35.6 Å². The van der Waals surface area contributed by atoms with Crippen molar-refractivity contribution in [1.29, 1.82) is 0 Å². The summed E-state index contributed by atoms with van der Waals surface area (Å²) >= 11 is 0. The van der Waals surface area contributed by atoms with Crippen LogP contribution in [0.2, 0.25) is 0 Å². The highest BCUT2D eigenvalue weighted by Gasteiger charge is 2.23. The SMILES string of the molecule is CN=C(NCCc1ccccc1F)NCC1CCCN1CCOC.I. The fourth-order valence-electron chi connectivity index (χ4n) is 3.08. The molecule has 7 heteroatoms. The van der Waals surface area contributed by atoms with E-state index in [0.29, 0.717) is 19.0 Å². The number of halogens is 2. The number of hydrogen-bond acceptors (Lipinski definition) is 3. The van der Waals surface area contributed by atoms with Crippen molar-refractivity contribution in [2.45, 2.75) is 25.3 Å². The molecule has 0 radical (unpaired) electrons. The van der Waals surface area contributed by atoms with Gasteiger partial charge in [-0.15, -0.1) is 24.0 Å². The third kappa shape index (κ3) is 7.45. The number of rotatable bonds is 8. The van der Waals surface area contributed by atoms with Gasteiger partial charge in [-0.05, 0) is 37.4 Å². The lowest BCUT2D eigenvalue weighted by Gasteiger charge is -2.25. The molecule has 0 aromatic heterocycles. The van der Waals surface area contributed by atoms with Gasteiger partial charge < -0.3 is 15.4 Å². The number of ether oxygens (including phenoxy) is 1. The van der Waals surface area contributed by atoms with Crippen LogP contribution in [0, 0.1) is 5.82 Å². The molecule has 1 unspecified atom stereocenters. The van der Waals surface area contributed by atoms with Crippen LogP contribution >= 0.6 is 24.0 Å². The van der Waals surface area contributed by atoms with Gasteiger partial charge >= 0.3 is 0 Å². The van der Waals surface area contributed by atoms with Crippen molar-refractivity contribution in [2.75, 3.05) is 46.9 Å². The second-order valence-electron chi connectivity index (χ2n) is 6.05. The minimum atomic E-state index is -0.151. The Hall–Kier alpha value is -0.930. The maximum absolute atomic E-state index is 13.6. The molecule has 1 saturated heterocycles. The van der Waals surface area contributed by atoms with E-state index in [0.717, 1.165) is 37.8 Å². The molecule has 1 aromatic rings. The predicted octanol–water partition coefficient (Wildman–Crippen LogP) is 2.26. The van der Waals surface area contributed by atoms with Gasteiger partial charge in [0.15, 0.2) is 5.96 Å². The quantitative estimate of drug-likeness (QED) is 0.352. The summed E-state index contributed by atoms with van der Waals surface area (Å²) in [6.45, 7) is 4.39. The number of benzene rings is 1. The van der Waals surface area contributed by atoms with Crippen LogP contribution in [0.4, 0.5) is 4.39 Å². The molecule has 1 fully saturated rings. The topological polar surface area (TPSA) is 48.9 Å². The van der Waals surface area contributed by atoms with Crippen LogP contribution in [-0.2, 0) is 11.2 Å². The normalized spacial score (nSPS) is 18.0. The standard InChI is InChI=1S/C18H29FN4O.HI/c1-20-18(21-10-9-15-6-3-4-8-17(15)19)22-14-16-7-5-11-23(16)12-13-24-2;/h3-4,6,8,16H,5,7,9-14H2,1-2H3,(H2,20,21,22);1H. The molecule has 0 amide bonds.